The Balaban J connectivity index is 1.73. The first-order valence-corrected chi connectivity index (χ1v) is 10.7. The van der Waals surface area contributed by atoms with Gasteiger partial charge in [-0.05, 0) is 31.4 Å². The van der Waals surface area contributed by atoms with E-state index in [-0.39, 0.29) is 22.2 Å². The molecule has 1 fully saturated rings. The van der Waals surface area contributed by atoms with Gasteiger partial charge in [-0.15, -0.1) is 0 Å². The van der Waals surface area contributed by atoms with Crippen LogP contribution in [0.15, 0.2) is 17.0 Å². The highest BCUT2D eigenvalue weighted by Gasteiger charge is 2.41. The van der Waals surface area contributed by atoms with E-state index in [9.17, 15) is 26.8 Å². The number of piperidine rings is 1. The zero-order valence-electron chi connectivity index (χ0n) is 16.3. The van der Waals surface area contributed by atoms with E-state index in [1.54, 1.807) is 6.92 Å². The maximum Gasteiger partial charge on any atom is 0.336 e. The minimum Gasteiger partial charge on any atom is -0.350 e. The zero-order chi connectivity index (χ0) is 22.2. The number of amides is 3. The second-order valence-electron chi connectivity index (χ2n) is 7.51. The molecule has 3 unspecified atom stereocenters. The molecule has 2 aliphatic heterocycles. The van der Waals surface area contributed by atoms with E-state index in [1.807, 2.05) is 6.92 Å². The third-order valence-corrected chi connectivity index (χ3v) is 7.12. The van der Waals surface area contributed by atoms with E-state index >= 15 is 0 Å². The number of rotatable bonds is 4. The largest absolute Gasteiger partial charge is 0.350 e. The first-order chi connectivity index (χ1) is 14.1. The molecule has 2 heterocycles. The lowest BCUT2D eigenvalue weighted by molar-refractivity contribution is -0.121. The van der Waals surface area contributed by atoms with Crippen LogP contribution in [0.25, 0.3) is 0 Å². The van der Waals surface area contributed by atoms with Crippen LogP contribution in [0.1, 0.15) is 20.3 Å². The number of hydrogen-bond acceptors (Lipinski definition) is 6. The van der Waals surface area contributed by atoms with Gasteiger partial charge in [0.15, 0.2) is 11.6 Å². The van der Waals surface area contributed by atoms with Gasteiger partial charge < -0.3 is 16.0 Å². The van der Waals surface area contributed by atoms with Crippen molar-refractivity contribution < 1.29 is 26.8 Å². The summed E-state index contributed by atoms with van der Waals surface area (Å²) in [5, 5.41) is 17.0. The Morgan fingerprint density at radius 2 is 2.13 bits per heavy atom. The average Bonchev–Trinajstić information content (AvgIpc) is 2.67. The van der Waals surface area contributed by atoms with Crippen molar-refractivity contribution in [1.82, 2.24) is 14.9 Å². The van der Waals surface area contributed by atoms with Gasteiger partial charge in [0.05, 0.1) is 17.7 Å². The Morgan fingerprint density at radius 3 is 2.77 bits per heavy atom. The summed E-state index contributed by atoms with van der Waals surface area (Å²) < 4.78 is 53.1. The summed E-state index contributed by atoms with van der Waals surface area (Å²) in [6.45, 7) is 3.22. The number of carbonyl (C=O) groups excluding carboxylic acids is 2. The van der Waals surface area contributed by atoms with E-state index in [4.69, 9.17) is 5.26 Å². The fraction of sp³-hybridized carbons (Fsp3) is 0.500. The van der Waals surface area contributed by atoms with Crippen LogP contribution >= 0.6 is 0 Å². The molecule has 3 N–H and O–H groups in total. The van der Waals surface area contributed by atoms with E-state index < -0.39 is 56.8 Å². The second-order valence-corrected chi connectivity index (χ2v) is 9.31. The lowest BCUT2D eigenvalue weighted by atomic mass is 9.83. The van der Waals surface area contributed by atoms with Crippen molar-refractivity contribution in [2.45, 2.75) is 37.2 Å². The van der Waals surface area contributed by atoms with Gasteiger partial charge in [-0.2, -0.15) is 5.26 Å². The number of nitrogens with one attached hydrogen (secondary N) is 3. The highest BCUT2D eigenvalue weighted by Crippen LogP contribution is 2.33. The van der Waals surface area contributed by atoms with Gasteiger partial charge in [0.1, 0.15) is 11.4 Å². The molecule has 0 aromatic heterocycles. The standard InChI is InChI=1S/C18H21F2N5O4S/c1-9-5-11(6-21)7-22-16(9)10(2)23-14(26)8-25-18(27)24-13-4-3-12(19)15(20)17(13)30(25,28)29/h3-4,9-11,16,22H,5,7-8H2,1-2H3,(H,23,26)(H,24,27)/t9?,10-,11?,16?/m0/s1. The third-order valence-electron chi connectivity index (χ3n) is 5.33. The number of nitriles is 1. The third kappa shape index (κ3) is 3.95. The van der Waals surface area contributed by atoms with Crippen LogP contribution in [0.2, 0.25) is 0 Å². The number of hydrogen-bond donors (Lipinski definition) is 3. The van der Waals surface area contributed by atoms with Crippen molar-refractivity contribution in [3.8, 4) is 6.07 Å². The molecule has 0 aliphatic carbocycles. The van der Waals surface area contributed by atoms with Crippen LogP contribution in [0.4, 0.5) is 19.3 Å². The molecule has 0 saturated carbocycles. The molecule has 12 heteroatoms. The Kier molecular flexibility index (Phi) is 5.96. The summed E-state index contributed by atoms with van der Waals surface area (Å²) >= 11 is 0. The van der Waals surface area contributed by atoms with E-state index in [1.165, 1.54) is 0 Å². The summed E-state index contributed by atoms with van der Waals surface area (Å²) in [7, 11) is -4.77. The van der Waals surface area contributed by atoms with Crippen molar-refractivity contribution in [3.63, 3.8) is 0 Å². The molecule has 0 radical (unpaired) electrons. The molecule has 3 rings (SSSR count). The number of benzene rings is 1. The monoisotopic (exact) mass is 441 g/mol. The van der Waals surface area contributed by atoms with Crippen LogP contribution in [-0.2, 0) is 14.8 Å². The Hall–Kier alpha value is -2.78. The molecule has 9 nitrogen and oxygen atoms in total. The second kappa shape index (κ2) is 8.16. The summed E-state index contributed by atoms with van der Waals surface area (Å²) in [4.78, 5) is 23.6. The van der Waals surface area contributed by atoms with Crippen LogP contribution < -0.4 is 16.0 Å². The predicted octanol–water partition coefficient (Wildman–Crippen LogP) is 1.14. The molecule has 0 bridgehead atoms. The Labute approximate surface area is 172 Å². The number of carbonyl (C=O) groups is 2. The van der Waals surface area contributed by atoms with Crippen LogP contribution in [0, 0.1) is 34.8 Å². The maximum absolute atomic E-state index is 14.1. The van der Waals surface area contributed by atoms with E-state index in [0.29, 0.717) is 19.0 Å². The molecule has 3 amide bonds. The first kappa shape index (κ1) is 21.9. The first-order valence-electron chi connectivity index (χ1n) is 9.30. The number of halogens is 2. The molecular weight excluding hydrogens is 420 g/mol. The van der Waals surface area contributed by atoms with E-state index in [2.05, 4.69) is 22.0 Å². The lowest BCUT2D eigenvalue weighted by Gasteiger charge is -2.37. The Morgan fingerprint density at radius 1 is 1.43 bits per heavy atom. The van der Waals surface area contributed by atoms with Gasteiger partial charge in [-0.3, -0.25) is 4.79 Å². The van der Waals surface area contributed by atoms with Crippen LogP contribution in [0.5, 0.6) is 0 Å². The highest BCUT2D eigenvalue weighted by molar-refractivity contribution is 7.90. The molecule has 1 saturated heterocycles. The van der Waals surface area contributed by atoms with Crippen LogP contribution in [0.3, 0.4) is 0 Å². The minimum absolute atomic E-state index is 0.0738. The van der Waals surface area contributed by atoms with Crippen molar-refractivity contribution in [1.29, 1.82) is 5.26 Å². The zero-order valence-corrected chi connectivity index (χ0v) is 17.1. The highest BCUT2D eigenvalue weighted by atomic mass is 32.2. The predicted molar refractivity (Wildman–Crippen MR) is 102 cm³/mol. The molecule has 1 aromatic rings. The van der Waals surface area contributed by atoms with Gasteiger partial charge in [-0.25, -0.2) is 26.3 Å². The van der Waals surface area contributed by atoms with Gasteiger partial charge >= 0.3 is 6.03 Å². The summed E-state index contributed by atoms with van der Waals surface area (Å²) in [6.07, 6.45) is 0.652. The average molecular weight is 441 g/mol. The number of urea groups is 1. The quantitative estimate of drug-likeness (QED) is 0.642. The molecule has 162 valence electrons. The van der Waals surface area contributed by atoms with Crippen molar-refractivity contribution in [2.75, 3.05) is 18.4 Å². The maximum atomic E-state index is 14.1. The normalized spacial score (nSPS) is 26.2. The summed E-state index contributed by atoms with van der Waals surface area (Å²) in [5.74, 6) is -3.85. The van der Waals surface area contributed by atoms with Gasteiger partial charge in [0.25, 0.3) is 10.0 Å². The fourth-order valence-electron chi connectivity index (χ4n) is 3.88. The molecule has 30 heavy (non-hydrogen) atoms. The smallest absolute Gasteiger partial charge is 0.336 e. The van der Waals surface area contributed by atoms with E-state index in [0.717, 1.165) is 6.07 Å². The topological polar surface area (TPSA) is 131 Å². The van der Waals surface area contributed by atoms with Crippen LogP contribution in [-0.4, -0.2) is 49.8 Å². The van der Waals surface area contributed by atoms with Gasteiger partial charge in [0.2, 0.25) is 5.91 Å². The molecule has 4 atom stereocenters. The molecule has 1 aromatic carbocycles. The number of nitrogens with zero attached hydrogens (tertiary/aromatic N) is 2. The van der Waals surface area contributed by atoms with Crippen molar-refractivity contribution >= 4 is 27.6 Å². The molecule has 0 spiro atoms. The number of anilines is 1. The molecule has 2 aliphatic rings. The summed E-state index contributed by atoms with van der Waals surface area (Å²) in [5.41, 5.74) is -0.392. The lowest BCUT2D eigenvalue weighted by Crippen LogP contribution is -2.57. The van der Waals surface area contributed by atoms with Crippen molar-refractivity contribution in [3.05, 3.63) is 23.8 Å². The summed E-state index contributed by atoms with van der Waals surface area (Å²) in [6, 6.07) is 2.11. The van der Waals surface area contributed by atoms with Gasteiger partial charge in [-0.1, -0.05) is 6.92 Å². The number of fused-ring (bicyclic) bond motifs is 1. The molecular formula is C18H21F2N5O4S. The van der Waals surface area contributed by atoms with Gasteiger partial charge in [0, 0.05) is 18.6 Å². The Bertz CT molecular complexity index is 1030. The van der Waals surface area contributed by atoms with Crippen molar-refractivity contribution in [2.24, 2.45) is 11.8 Å². The number of sulfonamides is 1. The SMILES string of the molecule is CC1CC(C#N)CNC1[C@H](C)NC(=O)CN1C(=O)Nc2ccc(F)c(F)c2S1(=O)=O. The fourth-order valence-corrected chi connectivity index (χ4v) is 5.37. The minimum atomic E-state index is -4.77.